The summed E-state index contributed by atoms with van der Waals surface area (Å²) in [5.74, 6) is -0.842. The van der Waals surface area contributed by atoms with E-state index in [4.69, 9.17) is 11.6 Å². The van der Waals surface area contributed by atoms with Gasteiger partial charge in [-0.3, -0.25) is 9.59 Å². The lowest BCUT2D eigenvalue weighted by atomic mass is 10.0. The Kier molecular flexibility index (Phi) is 4.06. The number of carbonyl (C=O) groups is 2. The molecular weight excluding hydrogens is 322 g/mol. The van der Waals surface area contributed by atoms with Crippen LogP contribution in [-0.4, -0.2) is 11.8 Å². The van der Waals surface area contributed by atoms with Crippen molar-refractivity contribution < 1.29 is 9.59 Å². The fraction of sp³-hybridized carbons (Fsp3) is 0.200. The highest BCUT2D eigenvalue weighted by Gasteiger charge is 2.39. The number of anilines is 1. The van der Waals surface area contributed by atoms with Crippen molar-refractivity contribution in [1.29, 1.82) is 0 Å². The molecule has 122 valence electrons. The van der Waals surface area contributed by atoms with Crippen LogP contribution in [0.4, 0.5) is 5.69 Å². The molecule has 0 fully saturated rings. The van der Waals surface area contributed by atoms with Crippen LogP contribution in [0.15, 0.2) is 41.4 Å². The minimum atomic E-state index is -0.469. The Labute approximate surface area is 146 Å². The molecule has 0 aromatic heterocycles. The van der Waals surface area contributed by atoms with E-state index in [0.717, 1.165) is 22.3 Å². The molecule has 2 aromatic rings. The van der Waals surface area contributed by atoms with Gasteiger partial charge in [0.1, 0.15) is 5.03 Å². The highest BCUT2D eigenvalue weighted by atomic mass is 35.5. The Hall–Kier alpha value is -2.39. The van der Waals surface area contributed by atoms with Gasteiger partial charge in [0, 0.05) is 0 Å². The van der Waals surface area contributed by atoms with Crippen LogP contribution in [0.1, 0.15) is 27.8 Å². The molecule has 4 heteroatoms. The van der Waals surface area contributed by atoms with Gasteiger partial charge in [-0.05, 0) is 61.6 Å². The first-order valence-corrected chi connectivity index (χ1v) is 8.13. The molecule has 3 rings (SSSR count). The number of hydrogen-bond donors (Lipinski definition) is 0. The normalized spacial score (nSPS) is 14.8. The molecule has 0 spiro atoms. The third-order valence-corrected chi connectivity index (χ3v) is 4.99. The SMILES string of the molecule is Cc1ccc(C2=C(Cl)C(=O)N(c3cccc(C)c3C)C2=O)cc1C. The van der Waals surface area contributed by atoms with E-state index in [0.29, 0.717) is 11.3 Å². The molecule has 0 unspecified atom stereocenters. The number of amides is 2. The van der Waals surface area contributed by atoms with Crippen molar-refractivity contribution in [3.63, 3.8) is 0 Å². The zero-order valence-electron chi connectivity index (χ0n) is 14.1. The monoisotopic (exact) mass is 339 g/mol. The highest BCUT2D eigenvalue weighted by molar-refractivity contribution is 6.60. The molecule has 0 radical (unpaired) electrons. The first kappa shape index (κ1) is 16.5. The molecule has 1 aliphatic rings. The number of halogens is 1. The maximum Gasteiger partial charge on any atom is 0.277 e. The van der Waals surface area contributed by atoms with Crippen LogP contribution in [-0.2, 0) is 9.59 Å². The number of benzene rings is 2. The van der Waals surface area contributed by atoms with E-state index >= 15 is 0 Å². The Morgan fingerprint density at radius 3 is 2.21 bits per heavy atom. The zero-order valence-corrected chi connectivity index (χ0v) is 14.9. The third kappa shape index (κ3) is 2.45. The molecule has 0 bridgehead atoms. The van der Waals surface area contributed by atoms with E-state index in [1.165, 1.54) is 4.90 Å². The predicted octanol–water partition coefficient (Wildman–Crippen LogP) is 4.44. The number of rotatable bonds is 2. The molecule has 2 aromatic carbocycles. The van der Waals surface area contributed by atoms with Crippen molar-refractivity contribution in [2.24, 2.45) is 0 Å². The molecule has 1 heterocycles. The van der Waals surface area contributed by atoms with Crippen LogP contribution >= 0.6 is 11.6 Å². The van der Waals surface area contributed by atoms with E-state index in [-0.39, 0.29) is 16.5 Å². The van der Waals surface area contributed by atoms with Crippen molar-refractivity contribution in [2.75, 3.05) is 4.90 Å². The van der Waals surface area contributed by atoms with Crippen molar-refractivity contribution in [3.05, 3.63) is 69.2 Å². The maximum absolute atomic E-state index is 12.9. The summed E-state index contributed by atoms with van der Waals surface area (Å²) >= 11 is 6.25. The molecule has 1 aliphatic heterocycles. The minimum absolute atomic E-state index is 0.0239. The molecule has 0 atom stereocenters. The number of nitrogens with zero attached hydrogens (tertiary/aromatic N) is 1. The largest absolute Gasteiger partial charge is 0.277 e. The lowest BCUT2D eigenvalue weighted by molar-refractivity contribution is -0.119. The zero-order chi connectivity index (χ0) is 17.6. The number of carbonyl (C=O) groups excluding carboxylic acids is 2. The summed E-state index contributed by atoms with van der Waals surface area (Å²) < 4.78 is 0. The summed E-state index contributed by atoms with van der Waals surface area (Å²) in [6.07, 6.45) is 0. The number of aryl methyl sites for hydroxylation is 3. The van der Waals surface area contributed by atoms with E-state index < -0.39 is 5.91 Å². The number of imide groups is 1. The molecule has 0 saturated heterocycles. The highest BCUT2D eigenvalue weighted by Crippen LogP contribution is 2.37. The molecule has 0 saturated carbocycles. The Morgan fingerprint density at radius 2 is 1.54 bits per heavy atom. The summed E-state index contributed by atoms with van der Waals surface area (Å²) in [4.78, 5) is 26.8. The second kappa shape index (κ2) is 5.91. The van der Waals surface area contributed by atoms with Crippen molar-refractivity contribution in [1.82, 2.24) is 0 Å². The van der Waals surface area contributed by atoms with Gasteiger partial charge >= 0.3 is 0 Å². The van der Waals surface area contributed by atoms with E-state index in [1.54, 1.807) is 6.07 Å². The summed E-state index contributed by atoms with van der Waals surface area (Å²) in [5, 5.41) is -0.0239. The second-order valence-corrected chi connectivity index (χ2v) is 6.53. The number of hydrogen-bond acceptors (Lipinski definition) is 2. The van der Waals surface area contributed by atoms with Gasteiger partial charge in [0.25, 0.3) is 11.8 Å². The molecule has 2 amide bonds. The molecule has 3 nitrogen and oxygen atoms in total. The molecular formula is C20H18ClNO2. The Bertz CT molecular complexity index is 912. The Morgan fingerprint density at radius 1 is 0.833 bits per heavy atom. The first-order chi connectivity index (χ1) is 11.3. The minimum Gasteiger partial charge on any atom is -0.268 e. The lowest BCUT2D eigenvalue weighted by Gasteiger charge is -2.18. The summed E-state index contributed by atoms with van der Waals surface area (Å²) in [6, 6.07) is 11.2. The average molecular weight is 340 g/mol. The summed E-state index contributed by atoms with van der Waals surface area (Å²) in [7, 11) is 0. The standard InChI is InChI=1S/C20H18ClNO2/c1-11-8-9-15(10-13(11)3)17-18(21)20(24)22(19(17)23)16-7-5-6-12(2)14(16)4/h5-10H,1-4H3. The van der Waals surface area contributed by atoms with E-state index in [2.05, 4.69) is 0 Å². The third-order valence-electron chi connectivity index (χ3n) is 4.64. The molecule has 24 heavy (non-hydrogen) atoms. The van der Waals surface area contributed by atoms with E-state index in [1.807, 2.05) is 58.0 Å². The van der Waals surface area contributed by atoms with Crippen LogP contribution in [0.3, 0.4) is 0 Å². The van der Waals surface area contributed by atoms with Crippen molar-refractivity contribution in [3.8, 4) is 0 Å². The van der Waals surface area contributed by atoms with Crippen LogP contribution < -0.4 is 4.90 Å². The van der Waals surface area contributed by atoms with Gasteiger partial charge in [-0.15, -0.1) is 0 Å². The van der Waals surface area contributed by atoms with Gasteiger partial charge in [-0.1, -0.05) is 41.9 Å². The van der Waals surface area contributed by atoms with Crippen LogP contribution in [0, 0.1) is 27.7 Å². The van der Waals surface area contributed by atoms with Crippen LogP contribution in [0.5, 0.6) is 0 Å². The quantitative estimate of drug-likeness (QED) is 0.758. The van der Waals surface area contributed by atoms with E-state index in [9.17, 15) is 9.59 Å². The lowest BCUT2D eigenvalue weighted by Crippen LogP contribution is -2.31. The van der Waals surface area contributed by atoms with Gasteiger partial charge in [-0.25, -0.2) is 4.90 Å². The maximum atomic E-state index is 12.9. The van der Waals surface area contributed by atoms with Crippen molar-refractivity contribution in [2.45, 2.75) is 27.7 Å². The average Bonchev–Trinajstić information content (AvgIpc) is 2.76. The fourth-order valence-corrected chi connectivity index (χ4v) is 3.12. The van der Waals surface area contributed by atoms with Gasteiger partial charge in [0.15, 0.2) is 0 Å². The van der Waals surface area contributed by atoms with Crippen LogP contribution in [0.25, 0.3) is 5.57 Å². The summed E-state index contributed by atoms with van der Waals surface area (Å²) in [5.41, 5.74) is 5.62. The summed E-state index contributed by atoms with van der Waals surface area (Å²) in [6.45, 7) is 7.81. The van der Waals surface area contributed by atoms with Crippen molar-refractivity contribution >= 4 is 34.7 Å². The fourth-order valence-electron chi connectivity index (χ4n) is 2.85. The second-order valence-electron chi connectivity index (χ2n) is 6.15. The Balaban J connectivity index is 2.11. The topological polar surface area (TPSA) is 37.4 Å². The molecule has 0 N–H and O–H groups in total. The van der Waals surface area contributed by atoms with Gasteiger partial charge in [0.05, 0.1) is 11.3 Å². The predicted molar refractivity (Wildman–Crippen MR) is 97.1 cm³/mol. The van der Waals surface area contributed by atoms with Gasteiger partial charge in [-0.2, -0.15) is 0 Å². The van der Waals surface area contributed by atoms with Gasteiger partial charge < -0.3 is 0 Å². The molecule has 0 aliphatic carbocycles. The first-order valence-electron chi connectivity index (χ1n) is 7.75. The van der Waals surface area contributed by atoms with Gasteiger partial charge in [0.2, 0.25) is 0 Å². The smallest absolute Gasteiger partial charge is 0.268 e. The van der Waals surface area contributed by atoms with Crippen LogP contribution in [0.2, 0.25) is 0 Å².